The van der Waals surface area contributed by atoms with Gasteiger partial charge in [0.15, 0.2) is 0 Å². The number of amides is 1. The normalized spacial score (nSPS) is 25.7. The molecule has 18 heavy (non-hydrogen) atoms. The zero-order chi connectivity index (χ0) is 12.4. The van der Waals surface area contributed by atoms with Gasteiger partial charge < -0.3 is 10.6 Å². The van der Waals surface area contributed by atoms with E-state index in [9.17, 15) is 4.79 Å². The summed E-state index contributed by atoms with van der Waals surface area (Å²) in [6, 6.07) is 0.308. The molecule has 2 fully saturated rings. The van der Waals surface area contributed by atoms with Crippen LogP contribution in [0.1, 0.15) is 32.1 Å². The van der Waals surface area contributed by atoms with Gasteiger partial charge >= 0.3 is 0 Å². The smallest absolute Gasteiger partial charge is 0.242 e. The predicted octanol–water partition coefficient (Wildman–Crippen LogP) is 0.0690. The molecule has 0 aromatic carbocycles. The van der Waals surface area contributed by atoms with Crippen LogP contribution in [-0.2, 0) is 11.3 Å². The molecular weight excluding hydrogens is 230 g/mol. The Labute approximate surface area is 106 Å². The van der Waals surface area contributed by atoms with E-state index in [2.05, 4.69) is 20.7 Å². The lowest BCUT2D eigenvalue weighted by Crippen LogP contribution is -2.59. The van der Waals surface area contributed by atoms with Crippen LogP contribution in [0.15, 0.2) is 12.7 Å². The third-order valence-corrected chi connectivity index (χ3v) is 4.08. The molecule has 1 unspecified atom stereocenters. The van der Waals surface area contributed by atoms with Crippen LogP contribution in [0, 0.1) is 0 Å². The van der Waals surface area contributed by atoms with Gasteiger partial charge in [0, 0.05) is 11.6 Å². The van der Waals surface area contributed by atoms with Gasteiger partial charge in [-0.25, -0.2) is 9.67 Å². The summed E-state index contributed by atoms with van der Waals surface area (Å²) in [5.41, 5.74) is 0.323. The molecule has 98 valence electrons. The van der Waals surface area contributed by atoms with Crippen molar-refractivity contribution in [2.24, 2.45) is 0 Å². The predicted molar refractivity (Wildman–Crippen MR) is 65.8 cm³/mol. The van der Waals surface area contributed by atoms with Gasteiger partial charge in [0.25, 0.3) is 0 Å². The van der Waals surface area contributed by atoms with Gasteiger partial charge in [-0.15, -0.1) is 0 Å². The molecule has 1 saturated carbocycles. The van der Waals surface area contributed by atoms with E-state index in [1.165, 1.54) is 25.6 Å². The lowest BCUT2D eigenvalue weighted by molar-refractivity contribution is -0.123. The van der Waals surface area contributed by atoms with Gasteiger partial charge in [-0.2, -0.15) is 5.10 Å². The van der Waals surface area contributed by atoms with E-state index in [-0.39, 0.29) is 12.5 Å². The van der Waals surface area contributed by atoms with Crippen molar-refractivity contribution in [1.29, 1.82) is 0 Å². The average Bonchev–Trinajstić information content (AvgIpc) is 2.80. The van der Waals surface area contributed by atoms with Gasteiger partial charge in [-0.1, -0.05) is 0 Å². The molecule has 6 nitrogen and oxygen atoms in total. The van der Waals surface area contributed by atoms with E-state index in [1.807, 2.05) is 0 Å². The lowest BCUT2D eigenvalue weighted by atomic mass is 9.70. The minimum atomic E-state index is 0.0295. The zero-order valence-electron chi connectivity index (χ0n) is 10.4. The average molecular weight is 249 g/mol. The number of rotatable bonds is 3. The van der Waals surface area contributed by atoms with Crippen molar-refractivity contribution < 1.29 is 4.79 Å². The summed E-state index contributed by atoms with van der Waals surface area (Å²) < 4.78 is 1.55. The molecule has 3 rings (SSSR count). The Bertz CT molecular complexity index is 412. The molecule has 2 N–H and O–H groups in total. The minimum Gasteiger partial charge on any atom is -0.352 e. The Balaban J connectivity index is 1.51. The second-order valence-corrected chi connectivity index (χ2v) is 5.41. The van der Waals surface area contributed by atoms with Gasteiger partial charge in [0.1, 0.15) is 19.2 Å². The molecule has 1 amide bonds. The van der Waals surface area contributed by atoms with Gasteiger partial charge in [0.2, 0.25) is 5.91 Å². The van der Waals surface area contributed by atoms with Crippen molar-refractivity contribution in [3.8, 4) is 0 Å². The highest BCUT2D eigenvalue weighted by atomic mass is 16.2. The summed E-state index contributed by atoms with van der Waals surface area (Å²) in [7, 11) is 0. The van der Waals surface area contributed by atoms with Crippen LogP contribution < -0.4 is 10.6 Å². The topological polar surface area (TPSA) is 71.8 Å². The van der Waals surface area contributed by atoms with Crippen LogP contribution >= 0.6 is 0 Å². The Morgan fingerprint density at radius 2 is 2.44 bits per heavy atom. The summed E-state index contributed by atoms with van der Waals surface area (Å²) in [5.74, 6) is 0.0295. The Hall–Kier alpha value is -1.43. The summed E-state index contributed by atoms with van der Waals surface area (Å²) in [6.45, 7) is 1.27. The third kappa shape index (κ3) is 2.38. The first-order chi connectivity index (χ1) is 8.76. The van der Waals surface area contributed by atoms with E-state index >= 15 is 0 Å². The van der Waals surface area contributed by atoms with Crippen LogP contribution in [0.25, 0.3) is 0 Å². The minimum absolute atomic E-state index is 0.0295. The second-order valence-electron chi connectivity index (χ2n) is 5.41. The fourth-order valence-electron chi connectivity index (χ4n) is 3.00. The van der Waals surface area contributed by atoms with E-state index in [4.69, 9.17) is 0 Å². The molecule has 6 heteroatoms. The number of nitrogens with zero attached hydrogens (tertiary/aromatic N) is 3. The molecule has 1 aliphatic carbocycles. The largest absolute Gasteiger partial charge is 0.352 e. The number of carbonyl (C=O) groups excluding carboxylic acids is 1. The lowest BCUT2D eigenvalue weighted by Gasteiger charge is -2.48. The van der Waals surface area contributed by atoms with Crippen LogP contribution in [0.5, 0.6) is 0 Å². The first kappa shape index (κ1) is 11.6. The Kier molecular flexibility index (Phi) is 3.03. The first-order valence-electron chi connectivity index (χ1n) is 6.63. The number of hydrogen-bond donors (Lipinski definition) is 2. The monoisotopic (exact) mass is 249 g/mol. The molecule has 1 aromatic rings. The second kappa shape index (κ2) is 4.68. The maximum absolute atomic E-state index is 11.9. The first-order valence-corrected chi connectivity index (χ1v) is 6.63. The van der Waals surface area contributed by atoms with Gasteiger partial charge in [-0.05, 0) is 38.6 Å². The molecule has 1 spiro atoms. The standard InChI is InChI=1S/C12H19N5O/c18-11(7-17-9-13-8-15-17)16-10-2-5-14-12(6-10)3-1-4-12/h8-10,14H,1-7H2,(H,16,18). The number of aromatic nitrogens is 3. The van der Waals surface area contributed by atoms with Crippen LogP contribution in [0.2, 0.25) is 0 Å². The maximum atomic E-state index is 11.9. The van der Waals surface area contributed by atoms with Crippen molar-refractivity contribution in [2.75, 3.05) is 6.54 Å². The van der Waals surface area contributed by atoms with E-state index in [0.717, 1.165) is 19.4 Å². The maximum Gasteiger partial charge on any atom is 0.242 e. The fraction of sp³-hybridized carbons (Fsp3) is 0.750. The van der Waals surface area contributed by atoms with E-state index in [0.29, 0.717) is 11.6 Å². The van der Waals surface area contributed by atoms with Crippen molar-refractivity contribution in [3.05, 3.63) is 12.7 Å². The van der Waals surface area contributed by atoms with Crippen molar-refractivity contribution in [2.45, 2.75) is 50.2 Å². The van der Waals surface area contributed by atoms with Crippen molar-refractivity contribution in [3.63, 3.8) is 0 Å². The highest BCUT2D eigenvalue weighted by molar-refractivity contribution is 5.75. The Morgan fingerprint density at radius 1 is 1.56 bits per heavy atom. The molecule has 1 saturated heterocycles. The molecule has 2 heterocycles. The molecule has 0 radical (unpaired) electrons. The number of nitrogens with one attached hydrogen (secondary N) is 2. The van der Waals surface area contributed by atoms with Crippen LogP contribution in [0.4, 0.5) is 0 Å². The number of piperidine rings is 1. The fourth-order valence-corrected chi connectivity index (χ4v) is 3.00. The summed E-state index contributed by atoms with van der Waals surface area (Å²) in [5, 5.41) is 10.7. The SMILES string of the molecule is O=C(Cn1cncn1)NC1CCNC2(CCC2)C1. The molecular formula is C12H19N5O. The van der Waals surface area contributed by atoms with Gasteiger partial charge in [-0.3, -0.25) is 4.79 Å². The Morgan fingerprint density at radius 3 is 3.11 bits per heavy atom. The zero-order valence-corrected chi connectivity index (χ0v) is 10.4. The molecule has 1 aliphatic heterocycles. The molecule has 0 bridgehead atoms. The summed E-state index contributed by atoms with van der Waals surface area (Å²) >= 11 is 0. The molecule has 1 aromatic heterocycles. The highest BCUT2D eigenvalue weighted by Crippen LogP contribution is 2.38. The summed E-state index contributed by atoms with van der Waals surface area (Å²) in [4.78, 5) is 15.7. The van der Waals surface area contributed by atoms with Crippen LogP contribution in [0.3, 0.4) is 0 Å². The summed E-state index contributed by atoms with van der Waals surface area (Å²) in [6.07, 6.45) is 8.91. The van der Waals surface area contributed by atoms with Crippen molar-refractivity contribution in [1.82, 2.24) is 25.4 Å². The van der Waals surface area contributed by atoms with Gasteiger partial charge in [0.05, 0.1) is 0 Å². The van der Waals surface area contributed by atoms with E-state index < -0.39 is 0 Å². The van der Waals surface area contributed by atoms with E-state index in [1.54, 1.807) is 11.0 Å². The van der Waals surface area contributed by atoms with Crippen molar-refractivity contribution >= 4 is 5.91 Å². The highest BCUT2D eigenvalue weighted by Gasteiger charge is 2.41. The number of hydrogen-bond acceptors (Lipinski definition) is 4. The third-order valence-electron chi connectivity index (χ3n) is 4.08. The molecule has 2 aliphatic rings. The quantitative estimate of drug-likeness (QED) is 0.795. The number of carbonyl (C=O) groups is 1. The molecule has 1 atom stereocenters. The van der Waals surface area contributed by atoms with Crippen LogP contribution in [-0.4, -0.2) is 38.8 Å².